The van der Waals surface area contributed by atoms with Gasteiger partial charge in [-0.15, -0.1) is 0 Å². The van der Waals surface area contributed by atoms with E-state index < -0.39 is 18.1 Å². The van der Waals surface area contributed by atoms with Gasteiger partial charge >= 0.3 is 18.1 Å². The molecule has 0 aliphatic rings. The number of ether oxygens (including phenoxy) is 2. The number of rotatable bonds is 7. The van der Waals surface area contributed by atoms with E-state index in [-0.39, 0.29) is 13.2 Å². The molecule has 0 aliphatic heterocycles. The largest absolute Gasteiger partial charge is 0.489 e. The maximum Gasteiger partial charge on any atom is 0.471 e. The molecule has 0 aromatic heterocycles. The summed E-state index contributed by atoms with van der Waals surface area (Å²) in [5, 5.41) is 11.0. The molecule has 1 N–H and O–H groups in total. The van der Waals surface area contributed by atoms with E-state index in [1.807, 2.05) is 5.32 Å². The van der Waals surface area contributed by atoms with Gasteiger partial charge in [-0.25, -0.2) is 4.79 Å². The van der Waals surface area contributed by atoms with E-state index in [1.54, 1.807) is 60.7 Å². The maximum atomic E-state index is 12.4. The van der Waals surface area contributed by atoms with Crippen molar-refractivity contribution < 1.29 is 32.2 Å². The minimum absolute atomic E-state index is 0.0497. The minimum Gasteiger partial charge on any atom is -0.489 e. The quantitative estimate of drug-likeness (QED) is 0.505. The number of carbonyl (C=O) groups excluding carboxylic acids is 2. The van der Waals surface area contributed by atoms with Crippen LogP contribution >= 0.6 is 0 Å². The normalized spacial score (nSPS) is 10.8. The molecule has 0 radical (unpaired) electrons. The van der Waals surface area contributed by atoms with Gasteiger partial charge in [-0.05, 0) is 64.7 Å². The predicted molar refractivity (Wildman–Crippen MR) is 117 cm³/mol. The van der Waals surface area contributed by atoms with Gasteiger partial charge in [0.25, 0.3) is 0 Å². The summed E-state index contributed by atoms with van der Waals surface area (Å²) in [4.78, 5) is 23.2. The third-order valence-corrected chi connectivity index (χ3v) is 4.75. The molecule has 3 rings (SSSR count). The van der Waals surface area contributed by atoms with Crippen molar-refractivity contribution in [3.05, 3.63) is 89.0 Å². The molecule has 0 bridgehead atoms. The molecular weight excluding hydrogens is 449 g/mol. The van der Waals surface area contributed by atoms with Crippen molar-refractivity contribution in [2.24, 2.45) is 0 Å². The molecule has 0 fully saturated rings. The summed E-state index contributed by atoms with van der Waals surface area (Å²) < 4.78 is 47.7. The second-order valence-corrected chi connectivity index (χ2v) is 7.22. The van der Waals surface area contributed by atoms with E-state index in [0.717, 1.165) is 5.56 Å². The Morgan fingerprint density at radius 1 is 0.971 bits per heavy atom. The Balaban J connectivity index is 1.79. The monoisotopic (exact) mass is 468 g/mol. The van der Waals surface area contributed by atoms with Crippen molar-refractivity contribution in [2.75, 3.05) is 7.11 Å². The van der Waals surface area contributed by atoms with E-state index in [2.05, 4.69) is 6.07 Å². The fraction of sp³-hybridized carbons (Fsp3) is 0.160. The molecule has 0 aliphatic carbocycles. The molecule has 0 saturated heterocycles. The lowest BCUT2D eigenvalue weighted by atomic mass is 9.98. The lowest BCUT2D eigenvalue weighted by Crippen LogP contribution is -2.36. The Bertz CT molecular complexity index is 1250. The summed E-state index contributed by atoms with van der Waals surface area (Å²) in [5.74, 6) is -2.19. The standard InChI is InChI=1S/C25H19F3N2O4/c1-33-23(31)21-10-18(9-20(12-21)19-6-2-4-16(8-19)13-29)15-34-22-7-3-5-17(11-22)14-30-24(32)25(26,27)28/h2-12H,14-15H2,1H3,(H,30,32). The van der Waals surface area contributed by atoms with Gasteiger partial charge in [0.05, 0.1) is 24.3 Å². The second-order valence-electron chi connectivity index (χ2n) is 7.22. The number of nitrogens with one attached hydrogen (secondary N) is 1. The van der Waals surface area contributed by atoms with Gasteiger partial charge in [-0.2, -0.15) is 18.4 Å². The number of nitrogens with zero attached hydrogens (tertiary/aromatic N) is 1. The van der Waals surface area contributed by atoms with Crippen molar-refractivity contribution in [1.82, 2.24) is 5.32 Å². The summed E-state index contributed by atoms with van der Waals surface area (Å²) in [7, 11) is 1.27. The fourth-order valence-electron chi connectivity index (χ4n) is 3.14. The summed E-state index contributed by atoms with van der Waals surface area (Å²) in [6.45, 7) is -0.263. The average Bonchev–Trinajstić information content (AvgIpc) is 2.85. The summed E-state index contributed by atoms with van der Waals surface area (Å²) in [5.41, 5.74) is 3.23. The minimum atomic E-state index is -4.96. The molecule has 3 aromatic rings. The highest BCUT2D eigenvalue weighted by Gasteiger charge is 2.38. The van der Waals surface area contributed by atoms with E-state index in [9.17, 15) is 22.8 Å². The molecule has 34 heavy (non-hydrogen) atoms. The zero-order chi connectivity index (χ0) is 24.7. The number of methoxy groups -OCH3 is 1. The molecule has 1 amide bonds. The molecule has 3 aromatic carbocycles. The van der Waals surface area contributed by atoms with Gasteiger partial charge in [0.2, 0.25) is 0 Å². The Hall–Kier alpha value is -4.32. The third kappa shape index (κ3) is 6.36. The summed E-state index contributed by atoms with van der Waals surface area (Å²) in [6.07, 6.45) is -4.96. The number of esters is 1. The van der Waals surface area contributed by atoms with Crippen LogP contribution in [0, 0.1) is 11.3 Å². The Morgan fingerprint density at radius 2 is 1.74 bits per heavy atom. The number of benzene rings is 3. The first-order valence-corrected chi connectivity index (χ1v) is 9.99. The van der Waals surface area contributed by atoms with Crippen LogP contribution in [0.4, 0.5) is 13.2 Å². The van der Waals surface area contributed by atoms with E-state index >= 15 is 0 Å². The first kappa shape index (κ1) is 24.3. The van der Waals surface area contributed by atoms with Crippen LogP contribution in [0.2, 0.25) is 0 Å². The van der Waals surface area contributed by atoms with Crippen LogP contribution in [-0.2, 0) is 22.7 Å². The number of amides is 1. The molecule has 6 nitrogen and oxygen atoms in total. The van der Waals surface area contributed by atoms with E-state index in [4.69, 9.17) is 14.7 Å². The van der Waals surface area contributed by atoms with Crippen molar-refractivity contribution in [2.45, 2.75) is 19.3 Å². The molecule has 0 atom stereocenters. The number of carbonyl (C=O) groups is 2. The van der Waals surface area contributed by atoms with Crippen molar-refractivity contribution >= 4 is 11.9 Å². The SMILES string of the molecule is COC(=O)c1cc(COc2cccc(CNC(=O)C(F)(F)F)c2)cc(-c2cccc(C#N)c2)c1. The fourth-order valence-corrected chi connectivity index (χ4v) is 3.14. The van der Waals surface area contributed by atoms with Gasteiger partial charge in [-0.3, -0.25) is 4.79 Å². The molecule has 0 unspecified atom stereocenters. The number of alkyl halides is 3. The van der Waals surface area contributed by atoms with Crippen LogP contribution in [0.25, 0.3) is 11.1 Å². The Kier molecular flexibility index (Phi) is 7.53. The highest BCUT2D eigenvalue weighted by Crippen LogP contribution is 2.25. The van der Waals surface area contributed by atoms with Crippen LogP contribution < -0.4 is 10.1 Å². The predicted octanol–water partition coefficient (Wildman–Crippen LogP) is 4.77. The molecular formula is C25H19F3N2O4. The zero-order valence-corrected chi connectivity index (χ0v) is 18.0. The number of hydrogen-bond acceptors (Lipinski definition) is 5. The number of nitriles is 1. The van der Waals surface area contributed by atoms with Crippen molar-refractivity contribution in [1.29, 1.82) is 5.26 Å². The number of halogens is 3. The zero-order valence-electron chi connectivity index (χ0n) is 18.0. The van der Waals surface area contributed by atoms with Gasteiger partial charge in [0, 0.05) is 6.54 Å². The van der Waals surface area contributed by atoms with Crippen molar-refractivity contribution in [3.8, 4) is 22.9 Å². The van der Waals surface area contributed by atoms with Gasteiger partial charge < -0.3 is 14.8 Å². The van der Waals surface area contributed by atoms with Crippen LogP contribution in [0.3, 0.4) is 0 Å². The Morgan fingerprint density at radius 3 is 2.44 bits per heavy atom. The average molecular weight is 468 g/mol. The highest BCUT2D eigenvalue weighted by molar-refractivity contribution is 5.91. The lowest BCUT2D eigenvalue weighted by molar-refractivity contribution is -0.173. The lowest BCUT2D eigenvalue weighted by Gasteiger charge is -2.12. The smallest absolute Gasteiger partial charge is 0.471 e. The summed E-state index contributed by atoms with van der Waals surface area (Å²) in [6, 6.07) is 20.3. The van der Waals surface area contributed by atoms with Gasteiger partial charge in [0.15, 0.2) is 0 Å². The number of hydrogen-bond donors (Lipinski definition) is 1. The summed E-state index contributed by atoms with van der Waals surface area (Å²) >= 11 is 0. The molecule has 9 heteroatoms. The van der Waals surface area contributed by atoms with Crippen LogP contribution in [0.1, 0.15) is 27.0 Å². The van der Waals surface area contributed by atoms with Crippen LogP contribution in [0.15, 0.2) is 66.7 Å². The third-order valence-electron chi connectivity index (χ3n) is 4.75. The van der Waals surface area contributed by atoms with E-state index in [0.29, 0.717) is 33.6 Å². The Labute approximate surface area is 193 Å². The first-order valence-electron chi connectivity index (χ1n) is 9.99. The van der Waals surface area contributed by atoms with Crippen molar-refractivity contribution in [3.63, 3.8) is 0 Å². The maximum absolute atomic E-state index is 12.4. The highest BCUT2D eigenvalue weighted by atomic mass is 19.4. The molecule has 0 heterocycles. The van der Waals surface area contributed by atoms with E-state index in [1.165, 1.54) is 13.2 Å². The topological polar surface area (TPSA) is 88.4 Å². The first-order chi connectivity index (χ1) is 16.2. The second kappa shape index (κ2) is 10.5. The van der Waals surface area contributed by atoms with Gasteiger partial charge in [-0.1, -0.05) is 24.3 Å². The van der Waals surface area contributed by atoms with Crippen LogP contribution in [0.5, 0.6) is 5.75 Å². The van der Waals surface area contributed by atoms with Crippen LogP contribution in [-0.4, -0.2) is 25.2 Å². The molecule has 0 spiro atoms. The molecule has 174 valence electrons. The van der Waals surface area contributed by atoms with Gasteiger partial charge in [0.1, 0.15) is 12.4 Å². The molecule has 0 saturated carbocycles.